The SMILES string of the molecule is Cc1ccc(C(C(=O)Nc2ccc3ccccc3c2)N(C(=O)C(C)NC(=O)OC(C)(C)C)C(C)C)cc1. The van der Waals surface area contributed by atoms with Crippen molar-refractivity contribution in [3.8, 4) is 0 Å². The molecule has 0 bridgehead atoms. The van der Waals surface area contributed by atoms with Gasteiger partial charge in [-0.25, -0.2) is 4.79 Å². The van der Waals surface area contributed by atoms with Crippen LogP contribution in [-0.4, -0.2) is 40.5 Å². The Hall–Kier alpha value is -3.87. The molecule has 0 spiro atoms. The summed E-state index contributed by atoms with van der Waals surface area (Å²) in [6, 6.07) is 19.0. The van der Waals surface area contributed by atoms with Crippen molar-refractivity contribution in [1.29, 1.82) is 0 Å². The van der Waals surface area contributed by atoms with Crippen molar-refractivity contribution in [2.24, 2.45) is 0 Å². The number of hydrogen-bond donors (Lipinski definition) is 2. The second-order valence-electron chi connectivity index (χ2n) is 10.6. The first-order chi connectivity index (χ1) is 17.4. The van der Waals surface area contributed by atoms with Crippen molar-refractivity contribution in [2.75, 3.05) is 5.32 Å². The molecule has 37 heavy (non-hydrogen) atoms. The molecule has 0 aliphatic rings. The molecule has 0 fully saturated rings. The molecule has 3 rings (SSSR count). The molecule has 196 valence electrons. The monoisotopic (exact) mass is 503 g/mol. The number of fused-ring (bicyclic) bond motifs is 1. The van der Waals surface area contributed by atoms with E-state index in [2.05, 4.69) is 10.6 Å². The summed E-state index contributed by atoms with van der Waals surface area (Å²) in [5.41, 5.74) is 1.65. The number of nitrogens with one attached hydrogen (secondary N) is 2. The second kappa shape index (κ2) is 11.5. The van der Waals surface area contributed by atoms with Crippen molar-refractivity contribution in [2.45, 2.75) is 72.2 Å². The van der Waals surface area contributed by atoms with Gasteiger partial charge in [-0.3, -0.25) is 9.59 Å². The van der Waals surface area contributed by atoms with E-state index in [0.29, 0.717) is 11.3 Å². The summed E-state index contributed by atoms with van der Waals surface area (Å²) in [7, 11) is 0. The molecule has 0 heterocycles. The smallest absolute Gasteiger partial charge is 0.408 e. The number of alkyl carbamates (subject to hydrolysis) is 1. The second-order valence-corrected chi connectivity index (χ2v) is 10.6. The molecule has 7 heteroatoms. The maximum absolute atomic E-state index is 13.8. The van der Waals surface area contributed by atoms with Crippen molar-refractivity contribution in [3.63, 3.8) is 0 Å². The van der Waals surface area contributed by atoms with Gasteiger partial charge in [0.15, 0.2) is 0 Å². The molecule has 3 aromatic carbocycles. The highest BCUT2D eigenvalue weighted by molar-refractivity contribution is 6.00. The normalized spacial score (nSPS) is 13.1. The quantitative estimate of drug-likeness (QED) is 0.415. The van der Waals surface area contributed by atoms with Crippen molar-refractivity contribution >= 4 is 34.4 Å². The van der Waals surface area contributed by atoms with E-state index < -0.39 is 23.8 Å². The summed E-state index contributed by atoms with van der Waals surface area (Å²) in [5, 5.41) is 7.68. The highest BCUT2D eigenvalue weighted by Gasteiger charge is 2.36. The van der Waals surface area contributed by atoms with E-state index in [9.17, 15) is 14.4 Å². The predicted molar refractivity (Wildman–Crippen MR) is 147 cm³/mol. The fourth-order valence-electron chi connectivity index (χ4n) is 4.11. The number of ether oxygens (including phenoxy) is 1. The van der Waals surface area contributed by atoms with Crippen LogP contribution in [0, 0.1) is 6.92 Å². The maximum Gasteiger partial charge on any atom is 0.408 e. The summed E-state index contributed by atoms with van der Waals surface area (Å²) in [6.07, 6.45) is -0.690. The summed E-state index contributed by atoms with van der Waals surface area (Å²) in [5.74, 6) is -0.731. The predicted octanol–water partition coefficient (Wildman–Crippen LogP) is 5.98. The third-order valence-corrected chi connectivity index (χ3v) is 5.85. The van der Waals surface area contributed by atoms with Crippen molar-refractivity contribution < 1.29 is 19.1 Å². The number of amides is 3. The lowest BCUT2D eigenvalue weighted by atomic mass is 10.00. The van der Waals surface area contributed by atoms with E-state index in [1.54, 1.807) is 27.7 Å². The Labute approximate surface area is 219 Å². The highest BCUT2D eigenvalue weighted by atomic mass is 16.6. The van der Waals surface area contributed by atoms with Crippen molar-refractivity contribution in [3.05, 3.63) is 77.9 Å². The zero-order chi connectivity index (χ0) is 27.3. The van der Waals surface area contributed by atoms with Gasteiger partial charge in [-0.15, -0.1) is 0 Å². The van der Waals surface area contributed by atoms with Crippen molar-refractivity contribution in [1.82, 2.24) is 10.2 Å². The van der Waals surface area contributed by atoms with Gasteiger partial charge in [-0.1, -0.05) is 60.2 Å². The number of hydrogen-bond acceptors (Lipinski definition) is 4. The number of carbonyl (C=O) groups is 3. The van der Waals surface area contributed by atoms with Gasteiger partial charge in [-0.05, 0) is 76.9 Å². The average Bonchev–Trinajstić information content (AvgIpc) is 2.81. The fraction of sp³-hybridized carbons (Fsp3) is 0.367. The molecule has 3 aromatic rings. The van der Waals surface area contributed by atoms with E-state index in [4.69, 9.17) is 4.74 Å². The van der Waals surface area contributed by atoms with E-state index in [-0.39, 0.29) is 17.9 Å². The first-order valence-corrected chi connectivity index (χ1v) is 12.5. The molecule has 0 aliphatic carbocycles. The van der Waals surface area contributed by atoms with E-state index in [0.717, 1.165) is 16.3 Å². The Morgan fingerprint density at radius 1 is 0.865 bits per heavy atom. The first kappa shape index (κ1) is 27.7. The van der Waals surface area contributed by atoms with Crippen LogP contribution in [-0.2, 0) is 14.3 Å². The lowest BCUT2D eigenvalue weighted by molar-refractivity contribution is -0.142. The first-order valence-electron chi connectivity index (χ1n) is 12.5. The third kappa shape index (κ3) is 7.32. The number of carbonyl (C=O) groups excluding carboxylic acids is 3. The Balaban J connectivity index is 1.93. The van der Waals surface area contributed by atoms with Gasteiger partial charge in [0, 0.05) is 11.7 Å². The molecule has 0 saturated heterocycles. The molecule has 7 nitrogen and oxygen atoms in total. The van der Waals surface area contributed by atoms with E-state index in [1.807, 2.05) is 87.5 Å². The molecule has 0 aromatic heterocycles. The Morgan fingerprint density at radius 3 is 2.08 bits per heavy atom. The third-order valence-electron chi connectivity index (χ3n) is 5.85. The Morgan fingerprint density at radius 2 is 1.49 bits per heavy atom. The van der Waals surface area contributed by atoms with Gasteiger partial charge in [0.2, 0.25) is 5.91 Å². The number of aryl methyl sites for hydroxylation is 1. The van der Waals surface area contributed by atoms with Crippen LogP contribution in [0.1, 0.15) is 58.7 Å². The van der Waals surface area contributed by atoms with Gasteiger partial charge in [0.25, 0.3) is 5.91 Å². The maximum atomic E-state index is 13.8. The van der Waals surface area contributed by atoms with Crippen LogP contribution in [0.4, 0.5) is 10.5 Å². The number of benzene rings is 3. The number of rotatable bonds is 7. The van der Waals surface area contributed by atoms with Crippen LogP contribution in [0.25, 0.3) is 10.8 Å². The average molecular weight is 504 g/mol. The van der Waals surface area contributed by atoms with Crippen LogP contribution >= 0.6 is 0 Å². The van der Waals surface area contributed by atoms with Gasteiger partial charge < -0.3 is 20.3 Å². The molecular formula is C30H37N3O4. The molecule has 0 saturated carbocycles. The largest absolute Gasteiger partial charge is 0.444 e. The lowest BCUT2D eigenvalue weighted by Crippen LogP contribution is -2.53. The molecule has 3 amide bonds. The van der Waals surface area contributed by atoms with Gasteiger partial charge >= 0.3 is 6.09 Å². The number of nitrogens with zero attached hydrogens (tertiary/aromatic N) is 1. The molecular weight excluding hydrogens is 466 g/mol. The zero-order valence-electron chi connectivity index (χ0n) is 22.7. The molecule has 0 aliphatic heterocycles. The minimum atomic E-state index is -0.914. The summed E-state index contributed by atoms with van der Waals surface area (Å²) in [6.45, 7) is 12.5. The van der Waals surface area contributed by atoms with E-state index >= 15 is 0 Å². The summed E-state index contributed by atoms with van der Waals surface area (Å²) >= 11 is 0. The Bertz CT molecular complexity index is 1260. The summed E-state index contributed by atoms with van der Waals surface area (Å²) < 4.78 is 5.32. The van der Waals surface area contributed by atoms with Gasteiger partial charge in [0.1, 0.15) is 17.7 Å². The standard InChI is InChI=1S/C30H37N3O4/c1-19(2)33(28(35)21(4)31-29(36)37-30(5,6)7)26(23-14-12-20(3)13-15-23)27(34)32-25-17-16-22-10-8-9-11-24(22)18-25/h8-19,21,26H,1-7H3,(H,31,36)(H,32,34). The van der Waals surface area contributed by atoms with Gasteiger partial charge in [-0.2, -0.15) is 0 Å². The minimum absolute atomic E-state index is 0.330. The number of anilines is 1. The lowest BCUT2D eigenvalue weighted by Gasteiger charge is -2.36. The molecule has 2 N–H and O–H groups in total. The topological polar surface area (TPSA) is 87.7 Å². The highest BCUT2D eigenvalue weighted by Crippen LogP contribution is 2.28. The molecule has 2 atom stereocenters. The van der Waals surface area contributed by atoms with Crippen LogP contribution < -0.4 is 10.6 Å². The molecule has 2 unspecified atom stereocenters. The van der Waals surface area contributed by atoms with E-state index in [1.165, 1.54) is 4.90 Å². The Kier molecular flexibility index (Phi) is 8.58. The van der Waals surface area contributed by atoms with Crippen LogP contribution in [0.3, 0.4) is 0 Å². The van der Waals surface area contributed by atoms with Crippen LogP contribution in [0.15, 0.2) is 66.7 Å². The van der Waals surface area contributed by atoms with Crippen LogP contribution in [0.5, 0.6) is 0 Å². The fourth-order valence-corrected chi connectivity index (χ4v) is 4.11. The van der Waals surface area contributed by atoms with Gasteiger partial charge in [0.05, 0.1) is 0 Å². The zero-order valence-corrected chi connectivity index (χ0v) is 22.7. The summed E-state index contributed by atoms with van der Waals surface area (Å²) in [4.78, 5) is 41.3. The molecule has 0 radical (unpaired) electrons. The van der Waals surface area contributed by atoms with Crippen LogP contribution in [0.2, 0.25) is 0 Å². The minimum Gasteiger partial charge on any atom is -0.444 e.